The minimum atomic E-state index is -0.129. The summed E-state index contributed by atoms with van der Waals surface area (Å²) in [5, 5.41) is 2.80. The largest absolute Gasteiger partial charge is 0.356 e. The molecule has 0 aliphatic rings. The number of carbonyl (C=O) groups excluding carboxylic acids is 1. The van der Waals surface area contributed by atoms with Crippen LogP contribution in [0.15, 0.2) is 28.9 Å². The number of rotatable bonds is 3. The number of amides is 1. The van der Waals surface area contributed by atoms with Crippen LogP contribution >= 0.6 is 38.9 Å². The van der Waals surface area contributed by atoms with Gasteiger partial charge in [-0.05, 0) is 34.1 Å². The maximum Gasteiger partial charge on any atom is 0.268 e. The number of hydrogen-bond donors (Lipinski definition) is 2. The van der Waals surface area contributed by atoms with E-state index in [0.717, 1.165) is 13.7 Å². The average Bonchev–Trinajstić information content (AvgIpc) is 2.84. The molecule has 84 valence electrons. The normalized spacial score (nSPS) is 10.4. The first-order valence-electron chi connectivity index (χ1n) is 4.51. The van der Waals surface area contributed by atoms with Crippen LogP contribution in [0.1, 0.15) is 15.4 Å². The van der Waals surface area contributed by atoms with Crippen molar-refractivity contribution in [1.82, 2.24) is 10.3 Å². The second-order valence-electron chi connectivity index (χ2n) is 3.12. The third-order valence-electron chi connectivity index (χ3n) is 1.94. The number of carbonyl (C=O) groups is 1. The Hall–Kier alpha value is -0.780. The molecule has 0 aliphatic carbocycles. The van der Waals surface area contributed by atoms with E-state index in [-0.39, 0.29) is 5.91 Å². The molecule has 0 saturated heterocycles. The summed E-state index contributed by atoms with van der Waals surface area (Å²) < 4.78 is 1.59. The van der Waals surface area contributed by atoms with Crippen molar-refractivity contribution in [2.75, 3.05) is 0 Å². The van der Waals surface area contributed by atoms with Crippen molar-refractivity contribution in [2.45, 2.75) is 6.54 Å². The zero-order valence-electron chi connectivity index (χ0n) is 8.09. The summed E-state index contributed by atoms with van der Waals surface area (Å²) in [5.74, 6) is -0.129. The van der Waals surface area contributed by atoms with Crippen LogP contribution in [0, 0.1) is 0 Å². The van der Waals surface area contributed by atoms with Gasteiger partial charge in [-0.1, -0.05) is 11.6 Å². The fraction of sp³-hybridized carbons (Fsp3) is 0.100. The Morgan fingerprint density at radius 1 is 1.56 bits per heavy atom. The van der Waals surface area contributed by atoms with Gasteiger partial charge in [-0.15, -0.1) is 11.3 Å². The molecule has 0 aliphatic heterocycles. The summed E-state index contributed by atoms with van der Waals surface area (Å²) in [4.78, 5) is 15.5. The van der Waals surface area contributed by atoms with Crippen LogP contribution in [0.3, 0.4) is 0 Å². The summed E-state index contributed by atoms with van der Waals surface area (Å²) in [6, 6.07) is 5.45. The zero-order chi connectivity index (χ0) is 11.5. The minimum absolute atomic E-state index is 0.129. The summed E-state index contributed by atoms with van der Waals surface area (Å²) in [6.45, 7) is 0.493. The number of hydrogen-bond acceptors (Lipinski definition) is 2. The lowest BCUT2D eigenvalue weighted by Gasteiger charge is -2.00. The zero-order valence-corrected chi connectivity index (χ0v) is 11.2. The second-order valence-corrected chi connectivity index (χ2v) is 5.84. The topological polar surface area (TPSA) is 44.9 Å². The van der Waals surface area contributed by atoms with Crippen LogP contribution in [0.2, 0.25) is 4.34 Å². The lowest BCUT2D eigenvalue weighted by Crippen LogP contribution is -2.22. The Balaban J connectivity index is 1.93. The van der Waals surface area contributed by atoms with Crippen molar-refractivity contribution < 1.29 is 4.79 Å². The third kappa shape index (κ3) is 2.87. The van der Waals surface area contributed by atoms with Gasteiger partial charge in [0.25, 0.3) is 5.91 Å². The summed E-state index contributed by atoms with van der Waals surface area (Å²) in [7, 11) is 0. The average molecular weight is 320 g/mol. The Morgan fingerprint density at radius 2 is 2.38 bits per heavy atom. The van der Waals surface area contributed by atoms with Crippen LogP contribution in [-0.2, 0) is 6.54 Å². The van der Waals surface area contributed by atoms with Gasteiger partial charge in [-0.2, -0.15) is 0 Å². The van der Waals surface area contributed by atoms with Gasteiger partial charge in [-0.25, -0.2) is 0 Å². The highest BCUT2D eigenvalue weighted by Gasteiger charge is 2.07. The molecule has 0 bridgehead atoms. The fourth-order valence-electron chi connectivity index (χ4n) is 1.21. The van der Waals surface area contributed by atoms with E-state index >= 15 is 0 Å². The van der Waals surface area contributed by atoms with E-state index in [1.807, 2.05) is 12.1 Å². The molecule has 2 rings (SSSR count). The van der Waals surface area contributed by atoms with Crippen LogP contribution in [-0.4, -0.2) is 10.9 Å². The fourth-order valence-corrected chi connectivity index (χ4v) is 2.58. The Morgan fingerprint density at radius 3 is 2.94 bits per heavy atom. The maximum absolute atomic E-state index is 11.6. The Bertz CT molecular complexity index is 508. The molecular weight excluding hydrogens is 312 g/mol. The lowest BCUT2D eigenvalue weighted by molar-refractivity contribution is 0.0947. The van der Waals surface area contributed by atoms with E-state index in [2.05, 4.69) is 26.2 Å². The number of aromatic nitrogens is 1. The summed E-state index contributed by atoms with van der Waals surface area (Å²) in [6.07, 6.45) is 1.72. The molecule has 0 aromatic carbocycles. The van der Waals surface area contributed by atoms with E-state index < -0.39 is 0 Å². The van der Waals surface area contributed by atoms with Crippen LogP contribution in [0.4, 0.5) is 0 Å². The monoisotopic (exact) mass is 318 g/mol. The minimum Gasteiger partial charge on any atom is -0.356 e. The first-order valence-corrected chi connectivity index (χ1v) is 6.50. The highest BCUT2D eigenvalue weighted by atomic mass is 79.9. The van der Waals surface area contributed by atoms with Crippen molar-refractivity contribution in [2.24, 2.45) is 0 Å². The highest BCUT2D eigenvalue weighted by molar-refractivity contribution is 9.10. The molecule has 6 heteroatoms. The van der Waals surface area contributed by atoms with Crippen molar-refractivity contribution in [3.8, 4) is 0 Å². The first-order chi connectivity index (χ1) is 7.65. The number of halogens is 2. The predicted octanol–water partition coefficient (Wildman–Crippen LogP) is 3.42. The highest BCUT2D eigenvalue weighted by Crippen LogP contribution is 2.21. The molecule has 2 N–H and O–H groups in total. The van der Waals surface area contributed by atoms with Crippen LogP contribution in [0.25, 0.3) is 0 Å². The smallest absolute Gasteiger partial charge is 0.268 e. The SMILES string of the molecule is O=C(NCc1ccc(Cl)s1)c1cc(Br)c[nH]1. The molecule has 2 aromatic rings. The van der Waals surface area contributed by atoms with Gasteiger partial charge in [-0.3, -0.25) is 4.79 Å². The van der Waals surface area contributed by atoms with Gasteiger partial charge in [0, 0.05) is 15.5 Å². The van der Waals surface area contributed by atoms with Gasteiger partial charge >= 0.3 is 0 Å². The van der Waals surface area contributed by atoms with Gasteiger partial charge in [0.2, 0.25) is 0 Å². The lowest BCUT2D eigenvalue weighted by atomic mass is 10.4. The molecule has 1 amide bonds. The molecule has 0 spiro atoms. The molecular formula is C10H8BrClN2OS. The molecule has 0 saturated carbocycles. The summed E-state index contributed by atoms with van der Waals surface area (Å²) >= 11 is 10.5. The van der Waals surface area contributed by atoms with Crippen LogP contribution in [0.5, 0.6) is 0 Å². The second kappa shape index (κ2) is 5.03. The van der Waals surface area contributed by atoms with Gasteiger partial charge in [0.1, 0.15) is 5.69 Å². The van der Waals surface area contributed by atoms with Crippen molar-refractivity contribution in [1.29, 1.82) is 0 Å². The molecule has 0 fully saturated rings. The van der Waals surface area contributed by atoms with Gasteiger partial charge < -0.3 is 10.3 Å². The maximum atomic E-state index is 11.6. The summed E-state index contributed by atoms with van der Waals surface area (Å²) in [5.41, 5.74) is 0.537. The molecule has 0 unspecified atom stereocenters. The standard InChI is InChI=1S/C10H8BrClN2OS/c11-6-3-8(13-4-6)10(15)14-5-7-1-2-9(12)16-7/h1-4,13H,5H2,(H,14,15). The van der Waals surface area contributed by atoms with E-state index in [9.17, 15) is 4.79 Å². The molecule has 2 heterocycles. The number of thiophene rings is 1. The molecule has 2 aromatic heterocycles. The third-order valence-corrected chi connectivity index (χ3v) is 3.63. The molecule has 16 heavy (non-hydrogen) atoms. The van der Waals surface area contributed by atoms with E-state index in [0.29, 0.717) is 12.2 Å². The van der Waals surface area contributed by atoms with E-state index in [4.69, 9.17) is 11.6 Å². The number of nitrogens with one attached hydrogen (secondary N) is 2. The molecule has 3 nitrogen and oxygen atoms in total. The van der Waals surface area contributed by atoms with E-state index in [1.165, 1.54) is 11.3 Å². The van der Waals surface area contributed by atoms with Gasteiger partial charge in [0.05, 0.1) is 10.9 Å². The van der Waals surface area contributed by atoms with Gasteiger partial charge in [0.15, 0.2) is 0 Å². The van der Waals surface area contributed by atoms with Crippen molar-refractivity contribution >= 4 is 44.8 Å². The predicted molar refractivity (Wildman–Crippen MR) is 69.0 cm³/mol. The van der Waals surface area contributed by atoms with Crippen LogP contribution < -0.4 is 5.32 Å². The van der Waals surface area contributed by atoms with E-state index in [1.54, 1.807) is 12.3 Å². The van der Waals surface area contributed by atoms with Crippen molar-refractivity contribution in [3.05, 3.63) is 43.8 Å². The quantitative estimate of drug-likeness (QED) is 0.894. The Kier molecular flexibility index (Phi) is 3.68. The Labute approximate surface area is 110 Å². The number of H-pyrrole nitrogens is 1. The molecule has 0 atom stereocenters. The molecule has 0 radical (unpaired) electrons. The number of aromatic amines is 1. The first kappa shape index (κ1) is 11.7. The van der Waals surface area contributed by atoms with Crippen molar-refractivity contribution in [3.63, 3.8) is 0 Å².